The van der Waals surface area contributed by atoms with Crippen LogP contribution in [0.5, 0.6) is 0 Å². The van der Waals surface area contributed by atoms with Crippen LogP contribution in [0.4, 0.5) is 11.4 Å². The zero-order valence-electron chi connectivity index (χ0n) is 15.0. The summed E-state index contributed by atoms with van der Waals surface area (Å²) in [6.45, 7) is 3.50. The van der Waals surface area contributed by atoms with Crippen molar-refractivity contribution < 1.29 is 14.5 Å². The molecule has 1 aromatic carbocycles. The standard InChI is InChI=1S/C17H21N5O4S/c1-2-15-19-20-17(21(15)10-14-4-3-9-26-14)27-11-16(23)18-12-5-7-13(8-6-12)22(24)25/h5-8,14H,2-4,9-11H2,1H3,(H,18,23). The minimum atomic E-state index is -0.479. The minimum absolute atomic E-state index is 0.0169. The van der Waals surface area contributed by atoms with E-state index < -0.39 is 4.92 Å². The predicted molar refractivity (Wildman–Crippen MR) is 101 cm³/mol. The fraction of sp³-hybridized carbons (Fsp3) is 0.471. The Morgan fingerprint density at radius 1 is 1.41 bits per heavy atom. The number of carbonyl (C=O) groups is 1. The lowest BCUT2D eigenvalue weighted by Gasteiger charge is -2.14. The summed E-state index contributed by atoms with van der Waals surface area (Å²) in [7, 11) is 0. The Kier molecular flexibility index (Phi) is 6.40. The van der Waals surface area contributed by atoms with Gasteiger partial charge in [0, 0.05) is 30.8 Å². The molecule has 0 saturated carbocycles. The van der Waals surface area contributed by atoms with Crippen LogP contribution in [0.25, 0.3) is 0 Å². The molecule has 1 saturated heterocycles. The lowest BCUT2D eigenvalue weighted by molar-refractivity contribution is -0.384. The van der Waals surface area contributed by atoms with Crippen molar-refractivity contribution in [2.24, 2.45) is 0 Å². The molecule has 0 radical (unpaired) electrons. The largest absolute Gasteiger partial charge is 0.376 e. The van der Waals surface area contributed by atoms with Crippen LogP contribution in [0, 0.1) is 10.1 Å². The molecule has 27 heavy (non-hydrogen) atoms. The third-order valence-electron chi connectivity index (χ3n) is 4.21. The molecule has 1 aliphatic rings. The summed E-state index contributed by atoms with van der Waals surface area (Å²) in [6, 6.07) is 5.73. The molecule has 0 bridgehead atoms. The molecule has 2 heterocycles. The molecule has 144 valence electrons. The maximum absolute atomic E-state index is 12.2. The molecule has 1 N–H and O–H groups in total. The van der Waals surface area contributed by atoms with Gasteiger partial charge in [-0.25, -0.2) is 0 Å². The molecule has 3 rings (SSSR count). The van der Waals surface area contributed by atoms with Crippen molar-refractivity contribution in [2.45, 2.75) is 44.0 Å². The van der Waals surface area contributed by atoms with Crippen LogP contribution in [-0.4, -0.2) is 44.1 Å². The van der Waals surface area contributed by atoms with Gasteiger partial charge in [-0.15, -0.1) is 10.2 Å². The van der Waals surface area contributed by atoms with Crippen LogP contribution < -0.4 is 5.32 Å². The fourth-order valence-corrected chi connectivity index (χ4v) is 3.62. The summed E-state index contributed by atoms with van der Waals surface area (Å²) in [4.78, 5) is 22.4. The van der Waals surface area contributed by atoms with Crippen LogP contribution in [0.15, 0.2) is 29.4 Å². The number of benzene rings is 1. The number of ether oxygens (including phenoxy) is 1. The number of amides is 1. The zero-order valence-corrected chi connectivity index (χ0v) is 15.8. The number of nitro groups is 1. The first-order valence-corrected chi connectivity index (χ1v) is 9.76. The third kappa shape index (κ3) is 5.04. The highest BCUT2D eigenvalue weighted by Crippen LogP contribution is 2.22. The van der Waals surface area contributed by atoms with Crippen molar-refractivity contribution in [1.82, 2.24) is 14.8 Å². The molecular formula is C17H21N5O4S. The number of aromatic nitrogens is 3. The van der Waals surface area contributed by atoms with E-state index in [0.717, 1.165) is 31.7 Å². The lowest BCUT2D eigenvalue weighted by atomic mass is 10.2. The number of rotatable bonds is 8. The van der Waals surface area contributed by atoms with E-state index in [1.165, 1.54) is 36.0 Å². The van der Waals surface area contributed by atoms with E-state index in [1.54, 1.807) is 0 Å². The Bertz CT molecular complexity index is 802. The van der Waals surface area contributed by atoms with Crippen LogP contribution in [0.3, 0.4) is 0 Å². The summed E-state index contributed by atoms with van der Waals surface area (Å²) >= 11 is 1.32. The number of anilines is 1. The summed E-state index contributed by atoms with van der Waals surface area (Å²) in [6.07, 6.45) is 3.01. The number of nitro benzene ring substituents is 1. The molecule has 9 nitrogen and oxygen atoms in total. The lowest BCUT2D eigenvalue weighted by Crippen LogP contribution is -2.19. The van der Waals surface area contributed by atoms with Crippen molar-refractivity contribution in [3.05, 3.63) is 40.2 Å². The van der Waals surface area contributed by atoms with Crippen LogP contribution in [0.2, 0.25) is 0 Å². The Hall–Kier alpha value is -2.46. The Labute approximate surface area is 160 Å². The fourth-order valence-electron chi connectivity index (χ4n) is 2.86. The van der Waals surface area contributed by atoms with Gasteiger partial charge in [0.05, 0.1) is 23.3 Å². The summed E-state index contributed by atoms with van der Waals surface area (Å²) in [5.74, 6) is 0.840. The van der Waals surface area contributed by atoms with Crippen molar-refractivity contribution >= 4 is 29.0 Å². The molecule has 1 atom stereocenters. The Balaban J connectivity index is 1.58. The number of carbonyl (C=O) groups excluding carboxylic acids is 1. The molecular weight excluding hydrogens is 370 g/mol. The number of thioether (sulfide) groups is 1. The minimum Gasteiger partial charge on any atom is -0.376 e. The SMILES string of the molecule is CCc1nnc(SCC(=O)Nc2ccc([N+](=O)[O-])cc2)n1CC1CCCO1. The average Bonchev–Trinajstić information content (AvgIpc) is 3.30. The normalized spacial score (nSPS) is 16.4. The number of aryl methyl sites for hydroxylation is 1. The van der Waals surface area contributed by atoms with E-state index in [4.69, 9.17) is 4.74 Å². The van der Waals surface area contributed by atoms with Gasteiger partial charge in [-0.1, -0.05) is 18.7 Å². The zero-order chi connectivity index (χ0) is 19.2. The molecule has 2 aromatic rings. The van der Waals surface area contributed by atoms with Crippen LogP contribution >= 0.6 is 11.8 Å². The topological polar surface area (TPSA) is 112 Å². The van der Waals surface area contributed by atoms with Crippen molar-refractivity contribution in [1.29, 1.82) is 0 Å². The molecule has 0 spiro atoms. The van der Waals surface area contributed by atoms with Crippen molar-refractivity contribution in [3.8, 4) is 0 Å². The van der Waals surface area contributed by atoms with Crippen molar-refractivity contribution in [2.75, 3.05) is 17.7 Å². The summed E-state index contributed by atoms with van der Waals surface area (Å²) < 4.78 is 7.73. The van der Waals surface area contributed by atoms with Gasteiger partial charge in [0.25, 0.3) is 5.69 Å². The average molecular weight is 391 g/mol. The van der Waals surface area contributed by atoms with Gasteiger partial charge in [-0.3, -0.25) is 14.9 Å². The van der Waals surface area contributed by atoms with Gasteiger partial charge in [0.15, 0.2) is 5.16 Å². The number of non-ortho nitro benzene ring substituents is 1. The molecule has 0 aliphatic carbocycles. The predicted octanol–water partition coefficient (Wildman–Crippen LogP) is 2.66. The van der Waals surface area contributed by atoms with Gasteiger partial charge >= 0.3 is 0 Å². The van der Waals surface area contributed by atoms with E-state index in [9.17, 15) is 14.9 Å². The van der Waals surface area contributed by atoms with Gasteiger partial charge < -0.3 is 14.6 Å². The number of nitrogens with one attached hydrogen (secondary N) is 1. The molecule has 1 amide bonds. The summed E-state index contributed by atoms with van der Waals surface area (Å²) in [5.41, 5.74) is 0.498. The van der Waals surface area contributed by atoms with E-state index >= 15 is 0 Å². The van der Waals surface area contributed by atoms with Crippen molar-refractivity contribution in [3.63, 3.8) is 0 Å². The molecule has 10 heteroatoms. The number of nitrogens with zero attached hydrogens (tertiary/aromatic N) is 4. The first kappa shape index (κ1) is 19.3. The number of hydrogen-bond acceptors (Lipinski definition) is 7. The van der Waals surface area contributed by atoms with Gasteiger partial charge in [0.2, 0.25) is 5.91 Å². The highest BCUT2D eigenvalue weighted by atomic mass is 32.2. The molecule has 1 unspecified atom stereocenters. The second kappa shape index (κ2) is 8.96. The maximum Gasteiger partial charge on any atom is 0.269 e. The smallest absolute Gasteiger partial charge is 0.269 e. The number of hydrogen-bond donors (Lipinski definition) is 1. The summed E-state index contributed by atoms with van der Waals surface area (Å²) in [5, 5.41) is 22.5. The second-order valence-electron chi connectivity index (χ2n) is 6.14. The van der Waals surface area contributed by atoms with Gasteiger partial charge in [-0.05, 0) is 25.0 Å². The third-order valence-corrected chi connectivity index (χ3v) is 5.18. The van der Waals surface area contributed by atoms with E-state index in [1.807, 2.05) is 11.5 Å². The Morgan fingerprint density at radius 2 is 2.19 bits per heavy atom. The monoisotopic (exact) mass is 391 g/mol. The quantitative estimate of drug-likeness (QED) is 0.418. The molecule has 1 aromatic heterocycles. The van der Waals surface area contributed by atoms with E-state index in [0.29, 0.717) is 17.4 Å². The van der Waals surface area contributed by atoms with Gasteiger partial charge in [-0.2, -0.15) is 0 Å². The van der Waals surface area contributed by atoms with E-state index in [2.05, 4.69) is 15.5 Å². The second-order valence-corrected chi connectivity index (χ2v) is 7.08. The van der Waals surface area contributed by atoms with Crippen LogP contribution in [0.1, 0.15) is 25.6 Å². The van der Waals surface area contributed by atoms with E-state index in [-0.39, 0.29) is 23.5 Å². The van der Waals surface area contributed by atoms with Crippen LogP contribution in [-0.2, 0) is 22.5 Å². The Morgan fingerprint density at radius 3 is 2.81 bits per heavy atom. The van der Waals surface area contributed by atoms with Gasteiger partial charge in [0.1, 0.15) is 5.82 Å². The molecule has 1 fully saturated rings. The highest BCUT2D eigenvalue weighted by Gasteiger charge is 2.21. The first-order valence-electron chi connectivity index (χ1n) is 8.77. The first-order chi connectivity index (χ1) is 13.1. The maximum atomic E-state index is 12.2. The molecule has 1 aliphatic heterocycles. The highest BCUT2D eigenvalue weighted by molar-refractivity contribution is 7.99.